The smallest absolute Gasteiger partial charge is 0.252 e. The molecule has 1 radical (unpaired) electrons. The molecule has 0 saturated heterocycles. The summed E-state index contributed by atoms with van der Waals surface area (Å²) in [7, 11) is 0. The molecule has 4 rings (SSSR count). The quantitative estimate of drug-likeness (QED) is 0.721. The van der Waals surface area contributed by atoms with Crippen LogP contribution in [0.3, 0.4) is 0 Å². The number of benzene rings is 2. The van der Waals surface area contributed by atoms with Gasteiger partial charge in [0.25, 0.3) is 5.91 Å². The zero-order valence-electron chi connectivity index (χ0n) is 14.0. The molecule has 0 bridgehead atoms. The van der Waals surface area contributed by atoms with Crippen LogP contribution in [-0.2, 0) is 0 Å². The fraction of sp³-hybridized carbons (Fsp3) is 0.0526. The van der Waals surface area contributed by atoms with Gasteiger partial charge in [-0.15, -0.1) is 0 Å². The maximum Gasteiger partial charge on any atom is 0.252 e. The van der Waals surface area contributed by atoms with E-state index in [9.17, 15) is 9.18 Å². The second-order valence-electron chi connectivity index (χ2n) is 5.75. The third kappa shape index (κ3) is 3.64. The summed E-state index contributed by atoms with van der Waals surface area (Å²) < 4.78 is 23.7. The molecule has 27 heavy (non-hydrogen) atoms. The Morgan fingerprint density at radius 1 is 1.15 bits per heavy atom. The highest BCUT2D eigenvalue weighted by atomic mass is 19.1. The van der Waals surface area contributed by atoms with Crippen LogP contribution in [0.15, 0.2) is 48.7 Å². The molecule has 3 aromatic rings. The van der Waals surface area contributed by atoms with E-state index in [2.05, 4.69) is 15.3 Å². The van der Waals surface area contributed by atoms with Crippen LogP contribution < -0.4 is 20.5 Å². The zero-order valence-corrected chi connectivity index (χ0v) is 14.0. The van der Waals surface area contributed by atoms with Crippen molar-refractivity contribution >= 4 is 17.5 Å². The molecule has 2 heterocycles. The Kier molecular flexibility index (Phi) is 4.29. The van der Waals surface area contributed by atoms with Crippen LogP contribution in [0, 0.1) is 12.2 Å². The molecule has 0 atom stereocenters. The number of halogens is 1. The molecular formula is C19H14FN4O3. The molecule has 0 spiro atoms. The van der Waals surface area contributed by atoms with Crippen molar-refractivity contribution < 1.29 is 18.7 Å². The largest absolute Gasteiger partial charge is 0.454 e. The van der Waals surface area contributed by atoms with E-state index in [4.69, 9.17) is 15.2 Å². The van der Waals surface area contributed by atoms with Gasteiger partial charge < -0.3 is 20.5 Å². The lowest BCUT2D eigenvalue weighted by atomic mass is 10.1. The number of fused-ring (bicyclic) bond motifs is 1. The van der Waals surface area contributed by atoms with E-state index in [1.54, 1.807) is 30.7 Å². The molecule has 135 valence electrons. The lowest BCUT2D eigenvalue weighted by Crippen LogP contribution is -2.16. The van der Waals surface area contributed by atoms with Gasteiger partial charge in [-0.05, 0) is 42.0 Å². The second-order valence-corrected chi connectivity index (χ2v) is 5.75. The molecule has 0 saturated carbocycles. The molecule has 1 aromatic heterocycles. The van der Waals surface area contributed by atoms with Gasteiger partial charge in [-0.2, -0.15) is 0 Å². The predicted molar refractivity (Wildman–Crippen MR) is 95.3 cm³/mol. The summed E-state index contributed by atoms with van der Waals surface area (Å²) in [5.74, 6) is 0.531. The molecule has 1 aliphatic heterocycles. The lowest BCUT2D eigenvalue weighted by Gasteiger charge is -2.10. The highest BCUT2D eigenvalue weighted by molar-refractivity contribution is 5.94. The van der Waals surface area contributed by atoms with Gasteiger partial charge in [0.2, 0.25) is 12.7 Å². The number of aromatic nitrogens is 2. The van der Waals surface area contributed by atoms with Gasteiger partial charge in [-0.25, -0.2) is 14.4 Å². The van der Waals surface area contributed by atoms with Crippen LogP contribution in [0.1, 0.15) is 21.6 Å². The summed E-state index contributed by atoms with van der Waals surface area (Å²) in [6, 6.07) is 11.1. The first-order valence-corrected chi connectivity index (χ1v) is 8.02. The first-order chi connectivity index (χ1) is 13.1. The van der Waals surface area contributed by atoms with Gasteiger partial charge in [0.05, 0.1) is 11.3 Å². The number of hydrogen-bond acceptors (Lipinski definition) is 6. The number of nitrogens with one attached hydrogen (secondary N) is 1. The van der Waals surface area contributed by atoms with Crippen molar-refractivity contribution in [1.82, 2.24) is 9.97 Å². The average molecular weight is 365 g/mol. The summed E-state index contributed by atoms with van der Waals surface area (Å²) in [4.78, 5) is 20.2. The molecule has 7 nitrogen and oxygen atoms in total. The Bertz CT molecular complexity index is 1010. The third-order valence-corrected chi connectivity index (χ3v) is 3.88. The van der Waals surface area contributed by atoms with Crippen LogP contribution in [0.2, 0.25) is 0 Å². The van der Waals surface area contributed by atoms with E-state index in [0.29, 0.717) is 22.9 Å². The number of carbonyl (C=O) groups is 1. The summed E-state index contributed by atoms with van der Waals surface area (Å²) in [5.41, 5.74) is 7.32. The normalized spacial score (nSPS) is 12.0. The topological polar surface area (TPSA) is 99.4 Å². The van der Waals surface area contributed by atoms with Crippen molar-refractivity contribution in [3.63, 3.8) is 0 Å². The number of ether oxygens (including phenoxy) is 2. The Morgan fingerprint density at radius 3 is 2.70 bits per heavy atom. The van der Waals surface area contributed by atoms with Crippen LogP contribution in [0.25, 0.3) is 0 Å². The predicted octanol–water partition coefficient (Wildman–Crippen LogP) is 2.79. The lowest BCUT2D eigenvalue weighted by molar-refractivity contribution is 0.0999. The molecule has 3 N–H and O–H groups in total. The van der Waals surface area contributed by atoms with Gasteiger partial charge >= 0.3 is 0 Å². The van der Waals surface area contributed by atoms with Gasteiger partial charge in [-0.3, -0.25) is 4.79 Å². The molecule has 1 amide bonds. The molecule has 0 aliphatic carbocycles. The Balaban J connectivity index is 1.63. The SMILES string of the molecule is NC(=O)c1cnc(Nc2ccc(F)cc2)nc1[CH]c1ccc2c(c1)OCO2. The minimum Gasteiger partial charge on any atom is -0.454 e. The number of anilines is 2. The van der Waals surface area contributed by atoms with Crippen molar-refractivity contribution in [3.8, 4) is 11.5 Å². The average Bonchev–Trinajstić information content (AvgIpc) is 3.11. The van der Waals surface area contributed by atoms with Crippen LogP contribution in [0.5, 0.6) is 11.5 Å². The summed E-state index contributed by atoms with van der Waals surface area (Å²) >= 11 is 0. The second kappa shape index (κ2) is 6.91. The third-order valence-electron chi connectivity index (χ3n) is 3.88. The van der Waals surface area contributed by atoms with Crippen molar-refractivity contribution in [2.75, 3.05) is 12.1 Å². The fourth-order valence-electron chi connectivity index (χ4n) is 2.58. The molecule has 0 unspecified atom stereocenters. The number of nitrogens with two attached hydrogens (primary N) is 1. The van der Waals surface area contributed by atoms with E-state index in [-0.39, 0.29) is 24.1 Å². The van der Waals surface area contributed by atoms with Gasteiger partial charge in [0.15, 0.2) is 11.5 Å². The van der Waals surface area contributed by atoms with Gasteiger partial charge in [0, 0.05) is 18.3 Å². The first-order valence-electron chi connectivity index (χ1n) is 8.02. The van der Waals surface area contributed by atoms with Crippen LogP contribution in [-0.4, -0.2) is 22.7 Å². The number of amides is 1. The monoisotopic (exact) mass is 365 g/mol. The highest BCUT2D eigenvalue weighted by Crippen LogP contribution is 2.33. The van der Waals surface area contributed by atoms with Crippen molar-refractivity contribution in [2.45, 2.75) is 0 Å². The van der Waals surface area contributed by atoms with E-state index in [0.717, 1.165) is 5.56 Å². The van der Waals surface area contributed by atoms with Gasteiger partial charge in [0.1, 0.15) is 5.82 Å². The number of hydrogen-bond donors (Lipinski definition) is 2. The standard InChI is InChI=1S/C19H14FN4O3/c20-12-2-4-13(5-3-12)23-19-22-9-14(18(21)25)15(24-19)7-11-1-6-16-17(8-11)27-10-26-16/h1-9H,10H2,(H2,21,25)(H,22,23,24). The van der Waals surface area contributed by atoms with E-state index in [1.807, 2.05) is 6.07 Å². The van der Waals surface area contributed by atoms with Gasteiger partial charge in [-0.1, -0.05) is 6.07 Å². The summed E-state index contributed by atoms with van der Waals surface area (Å²) in [6.45, 7) is 0.171. The van der Waals surface area contributed by atoms with Crippen molar-refractivity contribution in [1.29, 1.82) is 0 Å². The Labute approximate surface area is 154 Å². The fourth-order valence-corrected chi connectivity index (χ4v) is 2.58. The minimum absolute atomic E-state index is 0.171. The van der Waals surface area contributed by atoms with E-state index in [1.165, 1.54) is 18.3 Å². The van der Waals surface area contributed by atoms with Crippen LogP contribution >= 0.6 is 0 Å². The number of nitrogens with zero attached hydrogens (tertiary/aromatic N) is 2. The first kappa shape index (κ1) is 16.8. The maximum absolute atomic E-state index is 13.0. The Hall–Kier alpha value is -3.68. The molecule has 1 aliphatic rings. The molecule has 2 aromatic carbocycles. The maximum atomic E-state index is 13.0. The summed E-state index contributed by atoms with van der Waals surface area (Å²) in [5, 5.41) is 2.96. The van der Waals surface area contributed by atoms with Crippen LogP contribution in [0.4, 0.5) is 16.0 Å². The molecule has 0 fully saturated rings. The Morgan fingerprint density at radius 2 is 1.93 bits per heavy atom. The number of rotatable bonds is 5. The van der Waals surface area contributed by atoms with E-state index < -0.39 is 5.91 Å². The van der Waals surface area contributed by atoms with E-state index >= 15 is 0 Å². The molecule has 8 heteroatoms. The number of carbonyl (C=O) groups excluding carboxylic acids is 1. The summed E-state index contributed by atoms with van der Waals surface area (Å²) in [6.07, 6.45) is 3.04. The zero-order chi connectivity index (χ0) is 18.8. The highest BCUT2D eigenvalue weighted by Gasteiger charge is 2.17. The van der Waals surface area contributed by atoms with Crippen molar-refractivity contribution in [2.24, 2.45) is 5.73 Å². The minimum atomic E-state index is -0.643. The number of primary amides is 1. The van der Waals surface area contributed by atoms with Crippen molar-refractivity contribution in [3.05, 3.63) is 77.7 Å². The molecular weight excluding hydrogens is 351 g/mol.